The van der Waals surface area contributed by atoms with Crippen molar-refractivity contribution in [3.63, 3.8) is 0 Å². The molecule has 1 saturated heterocycles. The number of para-hydroxylation sites is 1. The van der Waals surface area contributed by atoms with Crippen LogP contribution in [0.5, 0.6) is 0 Å². The molecule has 124 valence electrons. The molecule has 0 N–H and O–H groups in total. The Labute approximate surface area is 138 Å². The maximum Gasteiger partial charge on any atom is 0.336 e. The van der Waals surface area contributed by atoms with Gasteiger partial charge in [0, 0.05) is 11.9 Å². The van der Waals surface area contributed by atoms with Crippen LogP contribution < -0.4 is 4.90 Å². The fourth-order valence-electron chi connectivity index (χ4n) is 3.12. The highest BCUT2D eigenvalue weighted by Crippen LogP contribution is 2.33. The van der Waals surface area contributed by atoms with Crippen LogP contribution in [0.4, 0.5) is 5.82 Å². The summed E-state index contributed by atoms with van der Waals surface area (Å²) in [6.45, 7) is 2.88. The molecule has 0 amide bonds. The van der Waals surface area contributed by atoms with Gasteiger partial charge in [0.25, 0.3) is 0 Å². The molecule has 2 aromatic heterocycles. The molecular weight excluding hydrogens is 310 g/mol. The van der Waals surface area contributed by atoms with Crippen LogP contribution in [0, 0.1) is 0 Å². The van der Waals surface area contributed by atoms with Gasteiger partial charge in [0.05, 0.1) is 19.8 Å². The van der Waals surface area contributed by atoms with Gasteiger partial charge in [-0.1, -0.05) is 12.1 Å². The molecule has 1 unspecified atom stereocenters. The normalized spacial score (nSPS) is 21.3. The van der Waals surface area contributed by atoms with Crippen molar-refractivity contribution in [3.8, 4) is 0 Å². The van der Waals surface area contributed by atoms with Gasteiger partial charge in [0.1, 0.15) is 17.4 Å². The Hall–Kier alpha value is -2.67. The summed E-state index contributed by atoms with van der Waals surface area (Å²) < 4.78 is 16.5. The average molecular weight is 327 g/mol. The number of anilines is 1. The first kappa shape index (κ1) is 14.9. The second kappa shape index (κ2) is 5.76. The van der Waals surface area contributed by atoms with E-state index in [2.05, 4.69) is 9.97 Å². The molecule has 3 heterocycles. The average Bonchev–Trinajstić information content (AvgIpc) is 2.99. The summed E-state index contributed by atoms with van der Waals surface area (Å²) >= 11 is 0. The molecule has 0 saturated carbocycles. The van der Waals surface area contributed by atoms with Gasteiger partial charge in [-0.25, -0.2) is 14.8 Å². The minimum atomic E-state index is -0.645. The van der Waals surface area contributed by atoms with Crippen molar-refractivity contribution in [2.45, 2.75) is 19.1 Å². The number of benzene rings is 1. The number of hydrogen-bond acceptors (Lipinski definition) is 7. The van der Waals surface area contributed by atoms with E-state index < -0.39 is 6.10 Å². The van der Waals surface area contributed by atoms with Gasteiger partial charge in [0.2, 0.25) is 0 Å². The Bertz CT molecular complexity index is 907. The number of nitrogens with zero attached hydrogens (tertiary/aromatic N) is 3. The Kier molecular flexibility index (Phi) is 3.57. The maximum atomic E-state index is 11.9. The number of carbonyl (C=O) groups excluding carboxylic acids is 1. The molecular formula is C17H17N3O4. The third-order valence-electron chi connectivity index (χ3n) is 4.16. The topological polar surface area (TPSA) is 77.7 Å². The fraction of sp³-hybridized carbons (Fsp3) is 0.353. The Balaban J connectivity index is 1.79. The summed E-state index contributed by atoms with van der Waals surface area (Å²) in [6.07, 6.45) is 0.748. The predicted molar refractivity (Wildman–Crippen MR) is 87.9 cm³/mol. The minimum Gasteiger partial charge on any atom is -0.467 e. The molecule has 0 bridgehead atoms. The minimum absolute atomic E-state index is 0.128. The summed E-state index contributed by atoms with van der Waals surface area (Å²) in [5.41, 5.74) is 2.15. The van der Waals surface area contributed by atoms with Crippen LogP contribution in [0.2, 0.25) is 0 Å². The zero-order chi connectivity index (χ0) is 16.7. The lowest BCUT2D eigenvalue weighted by atomic mass is 10.2. The molecule has 0 aliphatic carbocycles. The predicted octanol–water partition coefficient (Wildman–Crippen LogP) is 2.14. The van der Waals surface area contributed by atoms with Gasteiger partial charge in [-0.05, 0) is 19.1 Å². The van der Waals surface area contributed by atoms with Crippen LogP contribution in [-0.4, -0.2) is 48.3 Å². The van der Waals surface area contributed by atoms with Crippen LogP contribution in [0.25, 0.3) is 22.1 Å². The first-order chi connectivity index (χ1) is 11.7. The standard InChI is InChI=1S/C17H17N3O4/c1-10-7-20(8-13(23-10)17(21)22-2)16-15-14(18-9-19-16)11-5-3-4-6-12(11)24-15/h3-6,9-10,13H,7-8H2,1-2H3/t10-,13?/m1/s1. The lowest BCUT2D eigenvalue weighted by Crippen LogP contribution is -2.50. The van der Waals surface area contributed by atoms with E-state index in [9.17, 15) is 4.79 Å². The SMILES string of the molecule is COC(=O)C1CN(c2ncnc3c2oc2ccccc23)C[C@@H](C)O1. The number of rotatable bonds is 2. The van der Waals surface area contributed by atoms with Gasteiger partial charge >= 0.3 is 5.97 Å². The number of aromatic nitrogens is 2. The third kappa shape index (κ3) is 2.37. The molecule has 2 atom stereocenters. The zero-order valence-electron chi connectivity index (χ0n) is 13.4. The molecule has 1 aliphatic rings. The molecule has 1 fully saturated rings. The van der Waals surface area contributed by atoms with Crippen LogP contribution in [-0.2, 0) is 14.3 Å². The molecule has 0 radical (unpaired) electrons. The lowest BCUT2D eigenvalue weighted by Gasteiger charge is -2.35. The van der Waals surface area contributed by atoms with E-state index in [-0.39, 0.29) is 12.1 Å². The number of esters is 1. The van der Waals surface area contributed by atoms with Gasteiger partial charge in [-0.15, -0.1) is 0 Å². The summed E-state index contributed by atoms with van der Waals surface area (Å²) in [4.78, 5) is 22.6. The van der Waals surface area contributed by atoms with E-state index in [1.807, 2.05) is 36.1 Å². The Morgan fingerprint density at radius 2 is 2.12 bits per heavy atom. The number of methoxy groups -OCH3 is 1. The van der Waals surface area contributed by atoms with E-state index in [1.165, 1.54) is 13.4 Å². The van der Waals surface area contributed by atoms with Crippen molar-refractivity contribution in [3.05, 3.63) is 30.6 Å². The highest BCUT2D eigenvalue weighted by Gasteiger charge is 2.33. The third-order valence-corrected chi connectivity index (χ3v) is 4.16. The van der Waals surface area contributed by atoms with Crippen molar-refractivity contribution < 1.29 is 18.7 Å². The molecule has 24 heavy (non-hydrogen) atoms. The zero-order valence-corrected chi connectivity index (χ0v) is 13.4. The number of hydrogen-bond donors (Lipinski definition) is 0. The van der Waals surface area contributed by atoms with Crippen LogP contribution in [0.15, 0.2) is 35.0 Å². The number of morpholine rings is 1. The van der Waals surface area contributed by atoms with E-state index in [0.717, 1.165) is 16.5 Å². The largest absolute Gasteiger partial charge is 0.467 e. The summed E-state index contributed by atoms with van der Waals surface area (Å²) in [7, 11) is 1.36. The van der Waals surface area contributed by atoms with Crippen molar-refractivity contribution in [1.82, 2.24) is 9.97 Å². The summed E-state index contributed by atoms with van der Waals surface area (Å²) in [5.74, 6) is 0.279. The monoisotopic (exact) mass is 327 g/mol. The maximum absolute atomic E-state index is 11.9. The van der Waals surface area contributed by atoms with Gasteiger partial charge in [0.15, 0.2) is 17.5 Å². The van der Waals surface area contributed by atoms with Crippen molar-refractivity contribution in [2.24, 2.45) is 0 Å². The number of furan rings is 1. The van der Waals surface area contributed by atoms with E-state index >= 15 is 0 Å². The molecule has 7 heteroatoms. The molecule has 4 rings (SSSR count). The summed E-state index contributed by atoms with van der Waals surface area (Å²) in [5, 5.41) is 0.946. The van der Waals surface area contributed by atoms with E-state index in [4.69, 9.17) is 13.9 Å². The van der Waals surface area contributed by atoms with Crippen LogP contribution in [0.1, 0.15) is 6.92 Å². The molecule has 0 spiro atoms. The quantitative estimate of drug-likeness (QED) is 0.667. The second-order valence-electron chi connectivity index (χ2n) is 5.84. The molecule has 7 nitrogen and oxygen atoms in total. The van der Waals surface area contributed by atoms with Gasteiger partial charge < -0.3 is 18.8 Å². The fourth-order valence-corrected chi connectivity index (χ4v) is 3.12. The number of carbonyl (C=O) groups is 1. The summed E-state index contributed by atoms with van der Waals surface area (Å²) in [6, 6.07) is 7.74. The van der Waals surface area contributed by atoms with Crippen molar-refractivity contribution >= 4 is 33.9 Å². The lowest BCUT2D eigenvalue weighted by molar-refractivity contribution is -0.158. The van der Waals surface area contributed by atoms with E-state index in [0.29, 0.717) is 24.5 Å². The van der Waals surface area contributed by atoms with Gasteiger partial charge in [-0.2, -0.15) is 0 Å². The highest BCUT2D eigenvalue weighted by atomic mass is 16.6. The first-order valence-electron chi connectivity index (χ1n) is 7.78. The smallest absolute Gasteiger partial charge is 0.336 e. The first-order valence-corrected chi connectivity index (χ1v) is 7.78. The second-order valence-corrected chi connectivity index (χ2v) is 5.84. The molecule has 1 aliphatic heterocycles. The van der Waals surface area contributed by atoms with Crippen LogP contribution in [0.3, 0.4) is 0 Å². The molecule has 1 aromatic carbocycles. The van der Waals surface area contributed by atoms with Gasteiger partial charge in [-0.3, -0.25) is 0 Å². The van der Waals surface area contributed by atoms with E-state index in [1.54, 1.807) is 0 Å². The number of fused-ring (bicyclic) bond motifs is 3. The highest BCUT2D eigenvalue weighted by molar-refractivity contribution is 6.05. The number of ether oxygens (including phenoxy) is 2. The Morgan fingerprint density at radius 3 is 2.96 bits per heavy atom. The van der Waals surface area contributed by atoms with Crippen LogP contribution >= 0.6 is 0 Å². The molecule has 3 aromatic rings. The van der Waals surface area contributed by atoms with Crippen molar-refractivity contribution in [2.75, 3.05) is 25.1 Å². The Morgan fingerprint density at radius 1 is 1.29 bits per heavy atom. The van der Waals surface area contributed by atoms with Crippen molar-refractivity contribution in [1.29, 1.82) is 0 Å².